The first-order valence-corrected chi connectivity index (χ1v) is 9.78. The van der Waals surface area contributed by atoms with E-state index in [1.807, 2.05) is 41.3 Å². The standard InChI is InChI=1S/C23H27NO4/c1-28-20-9-6-17(7-10-20)8-11-22(25)24-14-12-18(13-15-24)16-19-4-2-3-5-21(19)23(26)27/h2-7,9-10,18H,8,11-16H2,1H3,(H,26,27). The van der Waals surface area contributed by atoms with E-state index in [1.54, 1.807) is 19.2 Å². The van der Waals surface area contributed by atoms with Gasteiger partial charge in [-0.05, 0) is 60.9 Å². The number of benzene rings is 2. The predicted octanol–water partition coefficient (Wildman–Crippen LogP) is 3.81. The van der Waals surface area contributed by atoms with Crippen LogP contribution in [0.1, 0.15) is 40.7 Å². The number of nitrogens with zero attached hydrogens (tertiary/aromatic N) is 1. The molecule has 0 bridgehead atoms. The van der Waals surface area contributed by atoms with Crippen LogP contribution in [0, 0.1) is 5.92 Å². The molecule has 1 N–H and O–H groups in total. The van der Waals surface area contributed by atoms with Crippen molar-refractivity contribution in [3.05, 3.63) is 65.2 Å². The van der Waals surface area contributed by atoms with Crippen LogP contribution >= 0.6 is 0 Å². The van der Waals surface area contributed by atoms with E-state index in [0.29, 0.717) is 17.9 Å². The molecule has 1 saturated heterocycles. The summed E-state index contributed by atoms with van der Waals surface area (Å²) in [5.74, 6) is 0.565. The van der Waals surface area contributed by atoms with Crippen LogP contribution in [0.3, 0.4) is 0 Å². The number of hydrogen-bond donors (Lipinski definition) is 1. The summed E-state index contributed by atoms with van der Waals surface area (Å²) in [6, 6.07) is 15.0. The molecule has 1 aliphatic rings. The fourth-order valence-electron chi connectivity index (χ4n) is 3.81. The van der Waals surface area contributed by atoms with Gasteiger partial charge >= 0.3 is 5.97 Å². The number of carboxylic acid groups (broad SMARTS) is 1. The lowest BCUT2D eigenvalue weighted by Crippen LogP contribution is -2.39. The SMILES string of the molecule is COc1ccc(CCC(=O)N2CCC(Cc3ccccc3C(=O)O)CC2)cc1. The molecule has 1 heterocycles. The maximum Gasteiger partial charge on any atom is 0.335 e. The Labute approximate surface area is 165 Å². The van der Waals surface area contributed by atoms with Crippen molar-refractivity contribution >= 4 is 11.9 Å². The molecule has 28 heavy (non-hydrogen) atoms. The monoisotopic (exact) mass is 381 g/mol. The summed E-state index contributed by atoms with van der Waals surface area (Å²) in [7, 11) is 1.64. The number of rotatable bonds is 7. The highest BCUT2D eigenvalue weighted by atomic mass is 16.5. The Morgan fingerprint density at radius 2 is 1.75 bits per heavy atom. The van der Waals surface area contributed by atoms with Crippen molar-refractivity contribution in [3.63, 3.8) is 0 Å². The summed E-state index contributed by atoms with van der Waals surface area (Å²) >= 11 is 0. The van der Waals surface area contributed by atoms with E-state index < -0.39 is 5.97 Å². The van der Waals surface area contributed by atoms with Crippen LogP contribution in [-0.4, -0.2) is 42.1 Å². The molecule has 2 aromatic rings. The molecule has 148 valence electrons. The average Bonchev–Trinajstić information content (AvgIpc) is 2.73. The first-order chi connectivity index (χ1) is 13.6. The van der Waals surface area contributed by atoms with Crippen LogP contribution in [0.15, 0.2) is 48.5 Å². The van der Waals surface area contributed by atoms with Crippen LogP contribution in [0.2, 0.25) is 0 Å². The Hall–Kier alpha value is -2.82. The van der Waals surface area contributed by atoms with Crippen molar-refractivity contribution < 1.29 is 19.4 Å². The van der Waals surface area contributed by atoms with Gasteiger partial charge in [-0.2, -0.15) is 0 Å². The minimum absolute atomic E-state index is 0.195. The number of aromatic carboxylic acids is 1. The van der Waals surface area contributed by atoms with Gasteiger partial charge in [-0.15, -0.1) is 0 Å². The van der Waals surface area contributed by atoms with Crippen LogP contribution in [0.5, 0.6) is 5.75 Å². The van der Waals surface area contributed by atoms with Gasteiger partial charge in [-0.1, -0.05) is 30.3 Å². The van der Waals surface area contributed by atoms with Crippen molar-refractivity contribution in [2.45, 2.75) is 32.1 Å². The van der Waals surface area contributed by atoms with Gasteiger partial charge in [-0.25, -0.2) is 4.79 Å². The molecule has 0 radical (unpaired) electrons. The van der Waals surface area contributed by atoms with Crippen molar-refractivity contribution in [1.82, 2.24) is 4.90 Å². The summed E-state index contributed by atoms with van der Waals surface area (Å²) in [5.41, 5.74) is 2.41. The fourth-order valence-corrected chi connectivity index (χ4v) is 3.81. The number of aryl methyl sites for hydroxylation is 1. The first kappa shape index (κ1) is 19.9. The summed E-state index contributed by atoms with van der Waals surface area (Å²) in [4.78, 5) is 25.8. The second-order valence-electron chi connectivity index (χ2n) is 7.34. The molecular weight excluding hydrogens is 354 g/mol. The highest BCUT2D eigenvalue weighted by Crippen LogP contribution is 2.24. The Kier molecular flexibility index (Phi) is 6.69. The Balaban J connectivity index is 1.47. The lowest BCUT2D eigenvalue weighted by Gasteiger charge is -2.32. The maximum absolute atomic E-state index is 12.5. The number of piperidine rings is 1. The normalized spacial score (nSPS) is 14.7. The number of hydrogen-bond acceptors (Lipinski definition) is 3. The highest BCUT2D eigenvalue weighted by Gasteiger charge is 2.24. The summed E-state index contributed by atoms with van der Waals surface area (Å²) in [5, 5.41) is 9.33. The summed E-state index contributed by atoms with van der Waals surface area (Å²) in [6.45, 7) is 1.50. The number of carboxylic acids is 1. The second-order valence-corrected chi connectivity index (χ2v) is 7.34. The van der Waals surface area contributed by atoms with E-state index in [4.69, 9.17) is 4.74 Å². The van der Waals surface area contributed by atoms with Crippen LogP contribution in [-0.2, 0) is 17.6 Å². The fraction of sp³-hybridized carbons (Fsp3) is 0.391. The minimum atomic E-state index is -0.873. The summed E-state index contributed by atoms with van der Waals surface area (Å²) in [6.07, 6.45) is 3.84. The number of methoxy groups -OCH3 is 1. The minimum Gasteiger partial charge on any atom is -0.497 e. The van der Waals surface area contributed by atoms with Gasteiger partial charge in [-0.3, -0.25) is 4.79 Å². The predicted molar refractivity (Wildman–Crippen MR) is 108 cm³/mol. The van der Waals surface area contributed by atoms with E-state index in [9.17, 15) is 14.7 Å². The molecule has 0 aliphatic carbocycles. The quantitative estimate of drug-likeness (QED) is 0.792. The number of carbonyl (C=O) groups excluding carboxylic acids is 1. The number of carbonyl (C=O) groups is 2. The topological polar surface area (TPSA) is 66.8 Å². The lowest BCUT2D eigenvalue weighted by atomic mass is 9.88. The second kappa shape index (κ2) is 9.40. The zero-order chi connectivity index (χ0) is 19.9. The Bertz CT molecular complexity index is 808. The molecule has 0 aromatic heterocycles. The number of ether oxygens (including phenoxy) is 1. The van der Waals surface area contributed by atoms with Gasteiger partial charge in [0.15, 0.2) is 0 Å². The van der Waals surface area contributed by atoms with E-state index in [0.717, 1.165) is 55.6 Å². The third kappa shape index (κ3) is 5.12. The van der Waals surface area contributed by atoms with Crippen molar-refractivity contribution in [2.75, 3.05) is 20.2 Å². The molecule has 1 amide bonds. The Morgan fingerprint density at radius 1 is 1.07 bits per heavy atom. The Morgan fingerprint density at radius 3 is 2.39 bits per heavy atom. The number of amides is 1. The van der Waals surface area contributed by atoms with E-state index in [2.05, 4.69) is 0 Å². The molecule has 0 saturated carbocycles. The molecule has 1 fully saturated rings. The van der Waals surface area contributed by atoms with Crippen LogP contribution < -0.4 is 4.74 Å². The van der Waals surface area contributed by atoms with Gasteiger partial charge in [0.1, 0.15) is 5.75 Å². The van der Waals surface area contributed by atoms with Crippen molar-refractivity contribution in [1.29, 1.82) is 0 Å². The highest BCUT2D eigenvalue weighted by molar-refractivity contribution is 5.89. The molecule has 1 aliphatic heterocycles. The molecule has 5 heteroatoms. The van der Waals surface area contributed by atoms with Gasteiger partial charge < -0.3 is 14.7 Å². The van der Waals surface area contributed by atoms with E-state index in [-0.39, 0.29) is 5.91 Å². The first-order valence-electron chi connectivity index (χ1n) is 9.78. The van der Waals surface area contributed by atoms with Crippen LogP contribution in [0.4, 0.5) is 0 Å². The third-order valence-corrected chi connectivity index (χ3v) is 5.51. The lowest BCUT2D eigenvalue weighted by molar-refractivity contribution is -0.132. The van der Waals surface area contributed by atoms with Gasteiger partial charge in [0.2, 0.25) is 5.91 Å². The van der Waals surface area contributed by atoms with Crippen LogP contribution in [0.25, 0.3) is 0 Å². The third-order valence-electron chi connectivity index (χ3n) is 5.51. The zero-order valence-electron chi connectivity index (χ0n) is 16.3. The molecule has 0 atom stereocenters. The zero-order valence-corrected chi connectivity index (χ0v) is 16.3. The average molecular weight is 381 g/mol. The van der Waals surface area contributed by atoms with Crippen molar-refractivity contribution in [3.8, 4) is 5.75 Å². The van der Waals surface area contributed by atoms with E-state index in [1.165, 1.54) is 0 Å². The van der Waals surface area contributed by atoms with Gasteiger partial charge in [0, 0.05) is 19.5 Å². The molecule has 0 spiro atoms. The largest absolute Gasteiger partial charge is 0.497 e. The molecule has 5 nitrogen and oxygen atoms in total. The van der Waals surface area contributed by atoms with E-state index >= 15 is 0 Å². The summed E-state index contributed by atoms with van der Waals surface area (Å²) < 4.78 is 5.16. The molecular formula is C23H27NO4. The number of likely N-dealkylation sites (tertiary alicyclic amines) is 1. The smallest absolute Gasteiger partial charge is 0.335 e. The molecule has 3 rings (SSSR count). The van der Waals surface area contributed by atoms with Gasteiger partial charge in [0.25, 0.3) is 0 Å². The van der Waals surface area contributed by atoms with Crippen molar-refractivity contribution in [2.24, 2.45) is 5.92 Å². The molecule has 2 aromatic carbocycles. The molecule has 0 unspecified atom stereocenters. The van der Waals surface area contributed by atoms with Gasteiger partial charge in [0.05, 0.1) is 12.7 Å². The maximum atomic E-state index is 12.5.